The number of anilines is 2. The van der Waals surface area contributed by atoms with Gasteiger partial charge < -0.3 is 15.0 Å². The number of nitro groups is 1. The Hall–Kier alpha value is -3.42. The monoisotopic (exact) mass is 355 g/mol. The van der Waals surface area contributed by atoms with Gasteiger partial charge in [-0.25, -0.2) is 0 Å². The van der Waals surface area contributed by atoms with Crippen LogP contribution < -0.4 is 15.0 Å². The highest BCUT2D eigenvalue weighted by molar-refractivity contribution is 6.03. The lowest BCUT2D eigenvalue weighted by Crippen LogP contribution is -2.28. The number of hydrogen-bond donors (Lipinski definition) is 1. The summed E-state index contributed by atoms with van der Waals surface area (Å²) in [6.45, 7) is 0.282. The minimum Gasteiger partial charge on any atom is -0.497 e. The number of nitrogens with one attached hydrogen (secondary N) is 1. The van der Waals surface area contributed by atoms with Crippen molar-refractivity contribution in [2.75, 3.05) is 23.9 Å². The molecular weight excluding hydrogens is 338 g/mol. The van der Waals surface area contributed by atoms with E-state index in [9.17, 15) is 19.7 Å². The Morgan fingerprint density at radius 1 is 1.19 bits per heavy atom. The van der Waals surface area contributed by atoms with Gasteiger partial charge in [0.25, 0.3) is 5.69 Å². The number of nitrogens with zero attached hydrogens (tertiary/aromatic N) is 2. The molecule has 0 aliphatic carbocycles. The third-order valence-electron chi connectivity index (χ3n) is 4.23. The first-order chi connectivity index (χ1) is 12.5. The summed E-state index contributed by atoms with van der Waals surface area (Å²) in [4.78, 5) is 36.4. The maximum absolute atomic E-state index is 12.4. The van der Waals surface area contributed by atoms with Gasteiger partial charge in [0.2, 0.25) is 11.8 Å². The van der Waals surface area contributed by atoms with Crippen molar-refractivity contribution in [1.82, 2.24) is 0 Å². The SMILES string of the molecule is COc1ccc(N2C[C@@H](C(=O)Nc3ccc([N+](=O)[O-])cc3)CC2=O)cc1. The van der Waals surface area contributed by atoms with E-state index >= 15 is 0 Å². The van der Waals surface area contributed by atoms with Crippen LogP contribution in [0.25, 0.3) is 0 Å². The van der Waals surface area contributed by atoms with Crippen LogP contribution in [0.2, 0.25) is 0 Å². The molecule has 26 heavy (non-hydrogen) atoms. The second kappa shape index (κ2) is 7.22. The van der Waals surface area contributed by atoms with Crippen molar-refractivity contribution in [1.29, 1.82) is 0 Å². The molecule has 134 valence electrons. The summed E-state index contributed by atoms with van der Waals surface area (Å²) in [5, 5.41) is 13.4. The molecule has 8 heteroatoms. The zero-order chi connectivity index (χ0) is 18.7. The number of benzene rings is 2. The fourth-order valence-corrected chi connectivity index (χ4v) is 2.81. The quantitative estimate of drug-likeness (QED) is 0.656. The number of hydrogen-bond acceptors (Lipinski definition) is 5. The molecule has 1 aliphatic heterocycles. The van der Waals surface area contributed by atoms with E-state index in [0.717, 1.165) is 0 Å². The van der Waals surface area contributed by atoms with Crippen molar-refractivity contribution in [3.05, 3.63) is 58.6 Å². The van der Waals surface area contributed by atoms with Crippen molar-refractivity contribution in [3.8, 4) is 5.75 Å². The number of methoxy groups -OCH3 is 1. The van der Waals surface area contributed by atoms with Crippen LogP contribution in [0.4, 0.5) is 17.1 Å². The highest BCUT2D eigenvalue weighted by Gasteiger charge is 2.35. The van der Waals surface area contributed by atoms with Gasteiger partial charge in [-0.3, -0.25) is 19.7 Å². The fourth-order valence-electron chi connectivity index (χ4n) is 2.81. The van der Waals surface area contributed by atoms with Crippen LogP contribution in [0.15, 0.2) is 48.5 Å². The third-order valence-corrected chi connectivity index (χ3v) is 4.23. The second-order valence-electron chi connectivity index (χ2n) is 5.90. The first-order valence-corrected chi connectivity index (χ1v) is 7.97. The summed E-state index contributed by atoms with van der Waals surface area (Å²) >= 11 is 0. The number of non-ortho nitro benzene ring substituents is 1. The minimum absolute atomic E-state index is 0.0512. The normalized spacial score (nSPS) is 16.4. The Bertz CT molecular complexity index is 833. The molecule has 1 heterocycles. The van der Waals surface area contributed by atoms with Crippen molar-refractivity contribution in [3.63, 3.8) is 0 Å². The van der Waals surface area contributed by atoms with Crippen LogP contribution >= 0.6 is 0 Å². The number of carbonyl (C=O) groups excluding carboxylic acids is 2. The van der Waals surface area contributed by atoms with E-state index in [2.05, 4.69) is 5.32 Å². The molecule has 0 saturated carbocycles. The summed E-state index contributed by atoms with van der Waals surface area (Å²) in [5.41, 5.74) is 1.11. The van der Waals surface area contributed by atoms with Gasteiger partial charge in [-0.1, -0.05) is 0 Å². The lowest BCUT2D eigenvalue weighted by atomic mass is 10.1. The Morgan fingerprint density at radius 2 is 1.85 bits per heavy atom. The molecule has 1 N–H and O–H groups in total. The topological polar surface area (TPSA) is 102 Å². The molecule has 0 radical (unpaired) electrons. The number of ether oxygens (including phenoxy) is 1. The van der Waals surface area contributed by atoms with E-state index < -0.39 is 10.8 Å². The van der Waals surface area contributed by atoms with Crippen molar-refractivity contribution in [2.45, 2.75) is 6.42 Å². The van der Waals surface area contributed by atoms with Crippen LogP contribution in [0, 0.1) is 16.0 Å². The molecule has 0 bridgehead atoms. The smallest absolute Gasteiger partial charge is 0.269 e. The highest BCUT2D eigenvalue weighted by atomic mass is 16.6. The molecule has 2 aromatic rings. The van der Waals surface area contributed by atoms with Crippen LogP contribution in [-0.4, -0.2) is 30.4 Å². The van der Waals surface area contributed by atoms with E-state index in [0.29, 0.717) is 17.1 Å². The van der Waals surface area contributed by atoms with Gasteiger partial charge in [0.15, 0.2) is 0 Å². The van der Waals surface area contributed by atoms with E-state index in [1.54, 1.807) is 36.3 Å². The van der Waals surface area contributed by atoms with Gasteiger partial charge in [-0.05, 0) is 36.4 Å². The van der Waals surface area contributed by atoms with E-state index in [4.69, 9.17) is 4.74 Å². The van der Waals surface area contributed by atoms with Gasteiger partial charge in [-0.2, -0.15) is 0 Å². The molecule has 1 aliphatic rings. The van der Waals surface area contributed by atoms with Gasteiger partial charge in [0.05, 0.1) is 18.0 Å². The van der Waals surface area contributed by atoms with Crippen LogP contribution in [0.5, 0.6) is 5.75 Å². The first kappa shape index (κ1) is 17.4. The molecule has 0 aromatic heterocycles. The molecule has 1 fully saturated rings. The molecule has 8 nitrogen and oxygen atoms in total. The number of amides is 2. The Balaban J connectivity index is 1.65. The third kappa shape index (κ3) is 3.64. The van der Waals surface area contributed by atoms with E-state index in [1.165, 1.54) is 24.3 Å². The van der Waals surface area contributed by atoms with Crippen molar-refractivity contribution >= 4 is 28.9 Å². The Kier molecular flexibility index (Phi) is 4.83. The van der Waals surface area contributed by atoms with Crippen molar-refractivity contribution < 1.29 is 19.2 Å². The molecule has 2 amide bonds. The maximum Gasteiger partial charge on any atom is 0.269 e. The minimum atomic E-state index is -0.506. The zero-order valence-corrected chi connectivity index (χ0v) is 14.0. The van der Waals surface area contributed by atoms with Crippen LogP contribution in [0.1, 0.15) is 6.42 Å². The molecule has 1 saturated heterocycles. The standard InChI is InChI=1S/C18H17N3O5/c1-26-16-8-6-14(7-9-16)20-11-12(10-17(20)22)18(23)19-13-2-4-15(5-3-13)21(24)25/h2-9,12H,10-11H2,1H3,(H,19,23)/t12-/m0/s1. The first-order valence-electron chi connectivity index (χ1n) is 7.97. The predicted octanol–water partition coefficient (Wildman–Crippen LogP) is 2.60. The molecule has 1 atom stereocenters. The highest BCUT2D eigenvalue weighted by Crippen LogP contribution is 2.27. The largest absolute Gasteiger partial charge is 0.497 e. The molecule has 2 aromatic carbocycles. The molecule has 0 unspecified atom stereocenters. The molecule has 0 spiro atoms. The number of nitro benzene ring substituents is 1. The summed E-state index contributed by atoms with van der Waals surface area (Å²) in [5.74, 6) is -0.213. The summed E-state index contributed by atoms with van der Waals surface area (Å²) < 4.78 is 5.10. The summed E-state index contributed by atoms with van der Waals surface area (Å²) in [6, 6.07) is 12.6. The Labute approximate surface area is 149 Å². The average Bonchev–Trinajstić information content (AvgIpc) is 3.04. The zero-order valence-electron chi connectivity index (χ0n) is 14.0. The predicted molar refractivity (Wildman–Crippen MR) is 95.2 cm³/mol. The summed E-state index contributed by atoms with van der Waals surface area (Å²) in [7, 11) is 1.56. The molecular formula is C18H17N3O5. The van der Waals surface area contributed by atoms with Gasteiger partial charge in [0, 0.05) is 36.5 Å². The van der Waals surface area contributed by atoms with Gasteiger partial charge in [-0.15, -0.1) is 0 Å². The van der Waals surface area contributed by atoms with Crippen LogP contribution in [0.3, 0.4) is 0 Å². The van der Waals surface area contributed by atoms with E-state index in [-0.39, 0.29) is 30.5 Å². The lowest BCUT2D eigenvalue weighted by Gasteiger charge is -2.17. The fraction of sp³-hybridized carbons (Fsp3) is 0.222. The average molecular weight is 355 g/mol. The number of rotatable bonds is 5. The summed E-state index contributed by atoms with van der Waals surface area (Å²) in [6.07, 6.45) is 0.116. The molecule has 3 rings (SSSR count). The maximum atomic E-state index is 12.4. The van der Waals surface area contributed by atoms with Gasteiger partial charge in [0.1, 0.15) is 5.75 Å². The van der Waals surface area contributed by atoms with Crippen molar-refractivity contribution in [2.24, 2.45) is 5.92 Å². The Morgan fingerprint density at radius 3 is 2.42 bits per heavy atom. The van der Waals surface area contributed by atoms with Gasteiger partial charge >= 0.3 is 0 Å². The lowest BCUT2D eigenvalue weighted by molar-refractivity contribution is -0.384. The number of carbonyl (C=O) groups is 2. The van der Waals surface area contributed by atoms with Crippen LogP contribution in [-0.2, 0) is 9.59 Å². The second-order valence-corrected chi connectivity index (χ2v) is 5.90. The van der Waals surface area contributed by atoms with E-state index in [1.807, 2.05) is 0 Å².